The second kappa shape index (κ2) is 6.39. The summed E-state index contributed by atoms with van der Waals surface area (Å²) in [5.41, 5.74) is 0.210. The van der Waals surface area contributed by atoms with Gasteiger partial charge in [-0.1, -0.05) is 18.2 Å². The van der Waals surface area contributed by atoms with E-state index >= 15 is 0 Å². The zero-order valence-electron chi connectivity index (χ0n) is 10.2. The Kier molecular flexibility index (Phi) is 4.34. The first-order valence-electron chi connectivity index (χ1n) is 5.87. The summed E-state index contributed by atoms with van der Waals surface area (Å²) in [5, 5.41) is 11.9. The number of benzene rings is 1. The molecular weight excluding hydrogens is 244 g/mol. The molecule has 5 heteroatoms. The van der Waals surface area contributed by atoms with Crippen LogP contribution in [0.5, 0.6) is 5.75 Å². The molecule has 0 saturated heterocycles. The lowest BCUT2D eigenvalue weighted by molar-refractivity contribution is 0.0697. The Morgan fingerprint density at radius 2 is 2.05 bits per heavy atom. The average molecular weight is 258 g/mol. The molecule has 0 spiro atoms. The highest BCUT2D eigenvalue weighted by molar-refractivity contribution is 5.88. The Balaban J connectivity index is 1.80. The van der Waals surface area contributed by atoms with E-state index in [1.54, 1.807) is 0 Å². The molecule has 1 aromatic carbocycles. The van der Waals surface area contributed by atoms with E-state index in [-0.39, 0.29) is 5.56 Å². The largest absolute Gasteiger partial charge is 0.492 e. The molecule has 5 nitrogen and oxygen atoms in total. The number of pyridine rings is 1. The van der Waals surface area contributed by atoms with Crippen molar-refractivity contribution in [3.05, 3.63) is 54.2 Å². The van der Waals surface area contributed by atoms with Gasteiger partial charge in [0.15, 0.2) is 0 Å². The van der Waals surface area contributed by atoms with Crippen LogP contribution < -0.4 is 10.1 Å². The van der Waals surface area contributed by atoms with E-state index in [4.69, 9.17) is 9.84 Å². The fourth-order valence-corrected chi connectivity index (χ4v) is 1.52. The Morgan fingerprint density at radius 3 is 2.79 bits per heavy atom. The second-order valence-electron chi connectivity index (χ2n) is 3.82. The minimum atomic E-state index is -0.967. The zero-order valence-corrected chi connectivity index (χ0v) is 10.2. The Hall–Kier alpha value is -2.56. The summed E-state index contributed by atoms with van der Waals surface area (Å²) in [4.78, 5) is 14.8. The lowest BCUT2D eigenvalue weighted by Gasteiger charge is -2.08. The topological polar surface area (TPSA) is 71.5 Å². The van der Waals surface area contributed by atoms with Gasteiger partial charge in [0.1, 0.15) is 18.2 Å². The number of hydrogen-bond acceptors (Lipinski definition) is 4. The number of rotatable bonds is 6. The molecule has 0 saturated carbocycles. The van der Waals surface area contributed by atoms with E-state index in [1.807, 2.05) is 30.3 Å². The molecule has 2 rings (SSSR count). The van der Waals surface area contributed by atoms with Crippen molar-refractivity contribution >= 4 is 11.8 Å². The molecule has 1 heterocycles. The molecule has 2 N–H and O–H groups in total. The van der Waals surface area contributed by atoms with Gasteiger partial charge in [-0.15, -0.1) is 0 Å². The third-order valence-corrected chi connectivity index (χ3v) is 2.43. The van der Waals surface area contributed by atoms with Gasteiger partial charge in [-0.2, -0.15) is 0 Å². The summed E-state index contributed by atoms with van der Waals surface area (Å²) in [7, 11) is 0. The lowest BCUT2D eigenvalue weighted by Crippen LogP contribution is -2.12. The molecular formula is C14H14N2O3. The van der Waals surface area contributed by atoms with Crippen LogP contribution in [0.2, 0.25) is 0 Å². The van der Waals surface area contributed by atoms with Crippen molar-refractivity contribution in [3.63, 3.8) is 0 Å². The summed E-state index contributed by atoms with van der Waals surface area (Å²) in [5.74, 6) is 0.360. The normalized spacial score (nSPS) is 9.89. The average Bonchev–Trinajstić information content (AvgIpc) is 2.45. The second-order valence-corrected chi connectivity index (χ2v) is 3.82. The third kappa shape index (κ3) is 3.99. The van der Waals surface area contributed by atoms with Gasteiger partial charge in [0.05, 0.1) is 12.1 Å². The molecule has 0 aliphatic rings. The van der Waals surface area contributed by atoms with Gasteiger partial charge in [0.25, 0.3) is 0 Å². The molecule has 0 aliphatic carbocycles. The highest BCUT2D eigenvalue weighted by atomic mass is 16.5. The third-order valence-electron chi connectivity index (χ3n) is 2.43. The van der Waals surface area contributed by atoms with E-state index in [2.05, 4.69) is 10.3 Å². The van der Waals surface area contributed by atoms with Crippen LogP contribution in [0, 0.1) is 0 Å². The Labute approximate surface area is 110 Å². The van der Waals surface area contributed by atoms with Crippen molar-refractivity contribution in [2.75, 3.05) is 18.5 Å². The molecule has 0 bridgehead atoms. The van der Waals surface area contributed by atoms with Crippen LogP contribution in [0.1, 0.15) is 10.4 Å². The molecule has 0 atom stereocenters. The number of hydrogen-bond donors (Lipinski definition) is 2. The van der Waals surface area contributed by atoms with Crippen LogP contribution in [0.3, 0.4) is 0 Å². The number of carboxylic acids is 1. The SMILES string of the molecule is O=C(O)c1ccnc(NCCOc2ccccc2)c1. The quantitative estimate of drug-likeness (QED) is 0.778. The highest BCUT2D eigenvalue weighted by Crippen LogP contribution is 2.09. The molecule has 2 aromatic rings. The van der Waals surface area contributed by atoms with E-state index in [0.717, 1.165) is 5.75 Å². The van der Waals surface area contributed by atoms with Crippen molar-refractivity contribution in [2.24, 2.45) is 0 Å². The van der Waals surface area contributed by atoms with Gasteiger partial charge >= 0.3 is 5.97 Å². The maximum absolute atomic E-state index is 10.8. The summed E-state index contributed by atoms with van der Waals surface area (Å²) in [6, 6.07) is 12.4. The van der Waals surface area contributed by atoms with Crippen LogP contribution in [-0.2, 0) is 0 Å². The first-order chi connectivity index (χ1) is 9.25. The zero-order chi connectivity index (χ0) is 13.5. The molecule has 0 radical (unpaired) electrons. The summed E-state index contributed by atoms with van der Waals surface area (Å²) < 4.78 is 5.50. The van der Waals surface area contributed by atoms with Crippen LogP contribution in [0.15, 0.2) is 48.7 Å². The fourth-order valence-electron chi connectivity index (χ4n) is 1.52. The lowest BCUT2D eigenvalue weighted by atomic mass is 10.2. The molecule has 19 heavy (non-hydrogen) atoms. The van der Waals surface area contributed by atoms with Crippen LogP contribution >= 0.6 is 0 Å². The fraction of sp³-hybridized carbons (Fsp3) is 0.143. The maximum atomic E-state index is 10.8. The number of nitrogens with zero attached hydrogens (tertiary/aromatic N) is 1. The number of aromatic carboxylic acids is 1. The van der Waals surface area contributed by atoms with Crippen molar-refractivity contribution in [1.29, 1.82) is 0 Å². The van der Waals surface area contributed by atoms with E-state index < -0.39 is 5.97 Å². The number of carboxylic acid groups (broad SMARTS) is 1. The van der Waals surface area contributed by atoms with Crippen molar-refractivity contribution < 1.29 is 14.6 Å². The van der Waals surface area contributed by atoms with Crippen molar-refractivity contribution in [2.45, 2.75) is 0 Å². The van der Waals surface area contributed by atoms with Crippen LogP contribution in [-0.4, -0.2) is 29.2 Å². The first-order valence-corrected chi connectivity index (χ1v) is 5.87. The van der Waals surface area contributed by atoms with Gasteiger partial charge in [0, 0.05) is 6.20 Å². The maximum Gasteiger partial charge on any atom is 0.335 e. The number of carbonyl (C=O) groups is 1. The smallest absolute Gasteiger partial charge is 0.335 e. The van der Waals surface area contributed by atoms with Crippen molar-refractivity contribution in [1.82, 2.24) is 4.98 Å². The van der Waals surface area contributed by atoms with Gasteiger partial charge in [-0.3, -0.25) is 0 Å². The molecule has 0 fully saturated rings. The minimum absolute atomic E-state index is 0.210. The first kappa shape index (κ1) is 12.9. The number of para-hydroxylation sites is 1. The molecule has 0 amide bonds. The Morgan fingerprint density at radius 1 is 1.26 bits per heavy atom. The van der Waals surface area contributed by atoms with Crippen LogP contribution in [0.25, 0.3) is 0 Å². The summed E-state index contributed by atoms with van der Waals surface area (Å²) in [6.45, 7) is 1.02. The molecule has 1 aromatic heterocycles. The summed E-state index contributed by atoms with van der Waals surface area (Å²) >= 11 is 0. The number of anilines is 1. The van der Waals surface area contributed by atoms with Gasteiger partial charge in [0.2, 0.25) is 0 Å². The van der Waals surface area contributed by atoms with Crippen LogP contribution in [0.4, 0.5) is 5.82 Å². The molecule has 0 aliphatic heterocycles. The van der Waals surface area contributed by atoms with Gasteiger partial charge < -0.3 is 15.2 Å². The monoisotopic (exact) mass is 258 g/mol. The van der Waals surface area contributed by atoms with E-state index in [9.17, 15) is 4.79 Å². The van der Waals surface area contributed by atoms with Gasteiger partial charge in [-0.05, 0) is 24.3 Å². The van der Waals surface area contributed by atoms with E-state index in [0.29, 0.717) is 19.0 Å². The van der Waals surface area contributed by atoms with E-state index in [1.165, 1.54) is 18.3 Å². The van der Waals surface area contributed by atoms with Crippen molar-refractivity contribution in [3.8, 4) is 5.75 Å². The molecule has 98 valence electrons. The Bertz CT molecular complexity index is 543. The minimum Gasteiger partial charge on any atom is -0.492 e. The number of nitrogens with one attached hydrogen (secondary N) is 1. The van der Waals surface area contributed by atoms with Gasteiger partial charge in [-0.25, -0.2) is 9.78 Å². The number of aromatic nitrogens is 1. The standard InChI is InChI=1S/C14H14N2O3/c17-14(18)11-6-7-15-13(10-11)16-8-9-19-12-4-2-1-3-5-12/h1-7,10H,8-9H2,(H,15,16)(H,17,18). The number of ether oxygens (including phenoxy) is 1. The highest BCUT2D eigenvalue weighted by Gasteiger charge is 2.03. The molecule has 0 unspecified atom stereocenters. The summed E-state index contributed by atoms with van der Waals surface area (Å²) in [6.07, 6.45) is 1.46. The predicted octanol–water partition coefficient (Wildman–Crippen LogP) is 2.27. The predicted molar refractivity (Wildman–Crippen MR) is 71.6 cm³/mol.